The molecule has 0 heterocycles. The Morgan fingerprint density at radius 2 is 0.618 bits per heavy atom. The molecule has 0 aromatic carbocycles. The van der Waals surface area contributed by atoms with Gasteiger partial charge < -0.3 is 20.3 Å². The van der Waals surface area contributed by atoms with Gasteiger partial charge in [-0.25, -0.2) is 0 Å². The molecule has 452 valence electrons. The third-order valence-corrected chi connectivity index (χ3v) is 16.6. The summed E-state index contributed by atoms with van der Waals surface area (Å²) in [5, 5.41) is 23.3. The van der Waals surface area contributed by atoms with E-state index >= 15 is 0 Å². The maximum Gasteiger partial charge on any atom is 0.305 e. The van der Waals surface area contributed by atoms with E-state index in [1.54, 1.807) is 0 Å². The first-order valence-corrected chi connectivity index (χ1v) is 34.9. The van der Waals surface area contributed by atoms with Crippen molar-refractivity contribution in [2.24, 2.45) is 0 Å². The van der Waals surface area contributed by atoms with Crippen LogP contribution in [-0.2, 0) is 14.3 Å². The highest BCUT2D eigenvalue weighted by atomic mass is 16.5. The van der Waals surface area contributed by atoms with Crippen LogP contribution >= 0.6 is 0 Å². The van der Waals surface area contributed by atoms with Crippen molar-refractivity contribution in [3.8, 4) is 0 Å². The Morgan fingerprint density at radius 3 is 0.934 bits per heavy atom. The molecule has 0 aliphatic carbocycles. The van der Waals surface area contributed by atoms with Crippen molar-refractivity contribution in [3.63, 3.8) is 0 Å². The number of nitrogens with one attached hydrogen (secondary N) is 1. The highest BCUT2D eigenvalue weighted by molar-refractivity contribution is 5.76. The molecule has 0 aliphatic heterocycles. The van der Waals surface area contributed by atoms with Gasteiger partial charge in [-0.05, 0) is 51.4 Å². The molecule has 0 spiro atoms. The second-order valence-corrected chi connectivity index (χ2v) is 24.2. The summed E-state index contributed by atoms with van der Waals surface area (Å²) in [6.45, 7) is 4.98. The number of esters is 1. The molecule has 0 aliphatic rings. The van der Waals surface area contributed by atoms with Gasteiger partial charge in [0, 0.05) is 12.8 Å². The molecule has 0 radical (unpaired) electrons. The van der Waals surface area contributed by atoms with E-state index in [4.69, 9.17) is 4.74 Å². The maximum atomic E-state index is 12.5. The zero-order valence-electron chi connectivity index (χ0n) is 51.8. The first kappa shape index (κ1) is 74.6. The van der Waals surface area contributed by atoms with Crippen molar-refractivity contribution in [2.45, 2.75) is 411 Å². The Balaban J connectivity index is 3.31. The lowest BCUT2D eigenvalue weighted by molar-refractivity contribution is -0.143. The normalized spacial score (nSPS) is 12.5. The number of aliphatic hydroxyl groups excluding tert-OH is 2. The zero-order chi connectivity index (χ0) is 55.0. The quantitative estimate of drug-likeness (QED) is 0.0320. The Morgan fingerprint density at radius 1 is 0.355 bits per heavy atom. The highest BCUT2D eigenvalue weighted by Crippen LogP contribution is 2.19. The van der Waals surface area contributed by atoms with Crippen LogP contribution in [0.1, 0.15) is 399 Å². The summed E-state index contributed by atoms with van der Waals surface area (Å²) in [5.74, 6) is -0.0113. The van der Waals surface area contributed by atoms with Gasteiger partial charge in [-0.2, -0.15) is 0 Å². The number of hydrogen-bond donors (Lipinski definition) is 3. The summed E-state index contributed by atoms with van der Waals surface area (Å²) in [7, 11) is 0. The third kappa shape index (κ3) is 61.8. The minimum atomic E-state index is -0.661. The lowest BCUT2D eigenvalue weighted by Crippen LogP contribution is -2.45. The zero-order valence-corrected chi connectivity index (χ0v) is 51.8. The van der Waals surface area contributed by atoms with E-state index in [0.29, 0.717) is 25.9 Å². The summed E-state index contributed by atoms with van der Waals surface area (Å²) in [4.78, 5) is 24.6. The van der Waals surface area contributed by atoms with Crippen molar-refractivity contribution in [2.75, 3.05) is 13.2 Å². The van der Waals surface area contributed by atoms with Gasteiger partial charge in [0.1, 0.15) is 0 Å². The monoisotopic (exact) mass is 1070 g/mol. The van der Waals surface area contributed by atoms with Crippen LogP contribution in [0.3, 0.4) is 0 Å². The third-order valence-electron chi connectivity index (χ3n) is 16.6. The van der Waals surface area contributed by atoms with Crippen molar-refractivity contribution in [3.05, 3.63) is 12.2 Å². The molecule has 2 unspecified atom stereocenters. The summed E-state index contributed by atoms with van der Waals surface area (Å²) < 4.78 is 5.51. The minimum absolute atomic E-state index is 0.0186. The fourth-order valence-electron chi connectivity index (χ4n) is 11.2. The van der Waals surface area contributed by atoms with E-state index in [0.717, 1.165) is 38.5 Å². The number of carbonyl (C=O) groups is 2. The summed E-state index contributed by atoms with van der Waals surface area (Å²) in [6.07, 6.45) is 81.2. The Kier molecular flexibility index (Phi) is 64.9. The number of amides is 1. The van der Waals surface area contributed by atoms with E-state index in [1.165, 1.54) is 327 Å². The molecule has 76 heavy (non-hydrogen) atoms. The van der Waals surface area contributed by atoms with Gasteiger partial charge in [-0.15, -0.1) is 0 Å². The van der Waals surface area contributed by atoms with Crippen LogP contribution in [0, 0.1) is 0 Å². The second-order valence-electron chi connectivity index (χ2n) is 24.2. The summed E-state index contributed by atoms with van der Waals surface area (Å²) in [5.41, 5.74) is 0. The number of ether oxygens (including phenoxy) is 1. The molecule has 3 N–H and O–H groups in total. The standard InChI is InChI=1S/C70H137NO5/c1-3-5-7-9-11-13-15-17-18-19-29-33-36-40-44-48-52-56-60-64-70(75)76-65-61-57-53-49-45-41-37-34-31-28-26-24-22-20-21-23-25-27-30-32-35-39-43-47-51-55-59-63-69(74)71-67(66-72)68(73)62-58-54-50-46-42-38-16-14-12-10-8-6-4-2/h17-18,67-68,72-73H,3-16,19-66H2,1-2H3,(H,71,74)/b18-17-. The maximum absolute atomic E-state index is 12.5. The molecule has 0 saturated heterocycles. The molecular weight excluding hydrogens is 935 g/mol. The fourth-order valence-corrected chi connectivity index (χ4v) is 11.2. The van der Waals surface area contributed by atoms with E-state index in [1.807, 2.05) is 0 Å². The molecular formula is C70H137NO5. The number of hydrogen-bond acceptors (Lipinski definition) is 5. The van der Waals surface area contributed by atoms with Gasteiger partial charge in [0.15, 0.2) is 0 Å². The SMILES string of the molecule is CCCCCCCC/C=C\CCCCCCCCCCCC(=O)OCCCCCCCCCCCCCCCCCCCCCCCCCCCCCC(=O)NC(CO)C(O)CCCCCCCCCCCCCCC. The van der Waals surface area contributed by atoms with Gasteiger partial charge in [0.25, 0.3) is 0 Å². The topological polar surface area (TPSA) is 95.9 Å². The molecule has 1 amide bonds. The van der Waals surface area contributed by atoms with E-state index in [9.17, 15) is 19.8 Å². The van der Waals surface area contributed by atoms with Crippen molar-refractivity contribution >= 4 is 11.9 Å². The molecule has 6 nitrogen and oxygen atoms in total. The fraction of sp³-hybridized carbons (Fsp3) is 0.943. The molecule has 0 saturated carbocycles. The average molecular weight is 1070 g/mol. The summed E-state index contributed by atoms with van der Waals surface area (Å²) in [6, 6.07) is -0.538. The van der Waals surface area contributed by atoms with Crippen molar-refractivity contribution in [1.82, 2.24) is 5.32 Å². The van der Waals surface area contributed by atoms with Crippen LogP contribution in [0.5, 0.6) is 0 Å². The Bertz CT molecular complexity index is 1140. The number of rotatable bonds is 66. The molecule has 0 bridgehead atoms. The smallest absolute Gasteiger partial charge is 0.305 e. The largest absolute Gasteiger partial charge is 0.466 e. The van der Waals surface area contributed by atoms with Gasteiger partial charge >= 0.3 is 5.97 Å². The van der Waals surface area contributed by atoms with E-state index in [2.05, 4.69) is 31.3 Å². The van der Waals surface area contributed by atoms with Crippen LogP contribution < -0.4 is 5.32 Å². The Hall–Kier alpha value is -1.40. The molecule has 0 aromatic heterocycles. The van der Waals surface area contributed by atoms with Gasteiger partial charge in [-0.1, -0.05) is 347 Å². The molecule has 0 aromatic rings. The number of aliphatic hydroxyl groups is 2. The molecule has 2 atom stereocenters. The Labute approximate surface area is 476 Å². The van der Waals surface area contributed by atoms with Gasteiger partial charge in [-0.3, -0.25) is 9.59 Å². The van der Waals surface area contributed by atoms with Crippen LogP contribution in [0.2, 0.25) is 0 Å². The predicted molar refractivity (Wildman–Crippen MR) is 333 cm³/mol. The minimum Gasteiger partial charge on any atom is -0.466 e. The van der Waals surface area contributed by atoms with Crippen LogP contribution in [-0.4, -0.2) is 47.4 Å². The molecule has 6 heteroatoms. The number of allylic oxidation sites excluding steroid dienone is 2. The van der Waals surface area contributed by atoms with E-state index < -0.39 is 12.1 Å². The number of carbonyl (C=O) groups excluding carboxylic acids is 2. The van der Waals surface area contributed by atoms with Gasteiger partial charge in [0.05, 0.1) is 25.4 Å². The van der Waals surface area contributed by atoms with Gasteiger partial charge in [0.2, 0.25) is 5.91 Å². The van der Waals surface area contributed by atoms with E-state index in [-0.39, 0.29) is 18.5 Å². The lowest BCUT2D eigenvalue weighted by atomic mass is 10.0. The predicted octanol–water partition coefficient (Wildman–Crippen LogP) is 22.4. The summed E-state index contributed by atoms with van der Waals surface area (Å²) >= 11 is 0. The number of unbranched alkanes of at least 4 members (excludes halogenated alkanes) is 53. The lowest BCUT2D eigenvalue weighted by Gasteiger charge is -2.22. The van der Waals surface area contributed by atoms with Crippen molar-refractivity contribution < 1.29 is 24.5 Å². The van der Waals surface area contributed by atoms with Crippen LogP contribution in [0.15, 0.2) is 12.2 Å². The van der Waals surface area contributed by atoms with Crippen LogP contribution in [0.25, 0.3) is 0 Å². The first-order chi connectivity index (χ1) is 37.5. The first-order valence-electron chi connectivity index (χ1n) is 34.9. The second kappa shape index (κ2) is 66.1. The van der Waals surface area contributed by atoms with Crippen LogP contribution in [0.4, 0.5) is 0 Å². The molecule has 0 fully saturated rings. The van der Waals surface area contributed by atoms with Crippen molar-refractivity contribution in [1.29, 1.82) is 0 Å². The molecule has 0 rings (SSSR count). The highest BCUT2D eigenvalue weighted by Gasteiger charge is 2.20. The average Bonchev–Trinajstić information content (AvgIpc) is 3.42.